The number of anilines is 1. The van der Waals surface area contributed by atoms with Crippen molar-refractivity contribution in [3.8, 4) is 5.75 Å². The SMILES string of the molecule is NC(=O)CCOc1cccc(N)c1C(=O)O. The zero-order chi connectivity index (χ0) is 12.1. The van der Waals surface area contributed by atoms with Crippen molar-refractivity contribution in [1.82, 2.24) is 0 Å². The number of nitrogen functional groups attached to an aromatic ring is 1. The molecule has 0 heterocycles. The number of amides is 1. The van der Waals surface area contributed by atoms with Gasteiger partial charge in [0.15, 0.2) is 0 Å². The van der Waals surface area contributed by atoms with E-state index in [4.69, 9.17) is 21.3 Å². The van der Waals surface area contributed by atoms with Crippen LogP contribution in [0.25, 0.3) is 0 Å². The van der Waals surface area contributed by atoms with Gasteiger partial charge in [0.25, 0.3) is 0 Å². The molecule has 0 aromatic heterocycles. The molecule has 16 heavy (non-hydrogen) atoms. The van der Waals surface area contributed by atoms with Crippen LogP contribution >= 0.6 is 0 Å². The van der Waals surface area contributed by atoms with Gasteiger partial charge in [-0.1, -0.05) is 6.07 Å². The smallest absolute Gasteiger partial charge is 0.341 e. The van der Waals surface area contributed by atoms with Gasteiger partial charge in [-0.3, -0.25) is 4.79 Å². The highest BCUT2D eigenvalue weighted by atomic mass is 16.5. The summed E-state index contributed by atoms with van der Waals surface area (Å²) in [5.74, 6) is -1.55. The number of hydrogen-bond acceptors (Lipinski definition) is 4. The lowest BCUT2D eigenvalue weighted by Gasteiger charge is -2.09. The Balaban J connectivity index is 2.83. The highest BCUT2D eigenvalue weighted by molar-refractivity contribution is 5.96. The minimum atomic E-state index is -1.17. The van der Waals surface area contributed by atoms with Crippen LogP contribution in [0.2, 0.25) is 0 Å². The molecule has 1 rings (SSSR count). The van der Waals surface area contributed by atoms with Gasteiger partial charge in [0, 0.05) is 5.69 Å². The van der Waals surface area contributed by atoms with Crippen LogP contribution in [0, 0.1) is 0 Å². The molecule has 6 nitrogen and oxygen atoms in total. The minimum Gasteiger partial charge on any atom is -0.492 e. The lowest BCUT2D eigenvalue weighted by molar-refractivity contribution is -0.118. The van der Waals surface area contributed by atoms with Crippen molar-refractivity contribution in [3.63, 3.8) is 0 Å². The fourth-order valence-corrected chi connectivity index (χ4v) is 1.16. The number of carbonyl (C=O) groups excluding carboxylic acids is 1. The first-order valence-corrected chi connectivity index (χ1v) is 4.55. The van der Waals surface area contributed by atoms with Gasteiger partial charge in [-0.05, 0) is 12.1 Å². The number of nitrogens with two attached hydrogens (primary N) is 2. The molecule has 0 spiro atoms. The predicted octanol–water partition coefficient (Wildman–Crippen LogP) is 0.221. The van der Waals surface area contributed by atoms with Gasteiger partial charge in [0.2, 0.25) is 5.91 Å². The van der Waals surface area contributed by atoms with E-state index in [0.29, 0.717) is 0 Å². The summed E-state index contributed by atoms with van der Waals surface area (Å²) in [5, 5.41) is 8.90. The number of carboxylic acid groups (broad SMARTS) is 1. The van der Waals surface area contributed by atoms with E-state index in [9.17, 15) is 9.59 Å². The molecule has 0 aliphatic carbocycles. The summed E-state index contributed by atoms with van der Waals surface area (Å²) in [7, 11) is 0. The number of carboxylic acids is 1. The first kappa shape index (κ1) is 11.8. The van der Waals surface area contributed by atoms with Crippen LogP contribution in [0.3, 0.4) is 0 Å². The second kappa shape index (κ2) is 5.01. The van der Waals surface area contributed by atoms with Crippen LogP contribution in [0.15, 0.2) is 18.2 Å². The summed E-state index contributed by atoms with van der Waals surface area (Å²) >= 11 is 0. The molecule has 0 atom stereocenters. The molecule has 1 aromatic carbocycles. The molecule has 0 saturated heterocycles. The van der Waals surface area contributed by atoms with Crippen LogP contribution in [-0.2, 0) is 4.79 Å². The normalized spacial score (nSPS) is 9.75. The summed E-state index contributed by atoms with van der Waals surface area (Å²) in [6.07, 6.45) is 0.0217. The molecule has 0 aliphatic rings. The Bertz CT molecular complexity index is 417. The molecule has 0 saturated carbocycles. The van der Waals surface area contributed by atoms with E-state index < -0.39 is 11.9 Å². The molecular formula is C10H12N2O4. The average molecular weight is 224 g/mol. The van der Waals surface area contributed by atoms with E-state index in [1.54, 1.807) is 6.07 Å². The second-order valence-corrected chi connectivity index (χ2v) is 3.09. The van der Waals surface area contributed by atoms with E-state index in [2.05, 4.69) is 0 Å². The third kappa shape index (κ3) is 2.88. The van der Waals surface area contributed by atoms with Crippen molar-refractivity contribution < 1.29 is 19.4 Å². The van der Waals surface area contributed by atoms with Crippen LogP contribution in [0.4, 0.5) is 5.69 Å². The first-order chi connectivity index (χ1) is 7.52. The zero-order valence-electron chi connectivity index (χ0n) is 8.47. The largest absolute Gasteiger partial charge is 0.492 e. The van der Waals surface area contributed by atoms with E-state index in [0.717, 1.165) is 0 Å². The van der Waals surface area contributed by atoms with Gasteiger partial charge < -0.3 is 21.3 Å². The Kier molecular flexibility index (Phi) is 3.71. The molecule has 0 bridgehead atoms. The zero-order valence-corrected chi connectivity index (χ0v) is 8.47. The second-order valence-electron chi connectivity index (χ2n) is 3.09. The molecule has 0 unspecified atom stereocenters. The number of primary amides is 1. The third-order valence-electron chi connectivity index (χ3n) is 1.88. The highest BCUT2D eigenvalue weighted by Gasteiger charge is 2.14. The monoisotopic (exact) mass is 224 g/mol. The molecule has 1 aromatic rings. The Hall–Kier alpha value is -2.24. The number of aromatic carboxylic acids is 1. The summed E-state index contributed by atoms with van der Waals surface area (Å²) in [6, 6.07) is 4.51. The maximum atomic E-state index is 10.9. The molecule has 0 radical (unpaired) electrons. The Morgan fingerprint density at radius 1 is 1.38 bits per heavy atom. The van der Waals surface area contributed by atoms with E-state index in [1.807, 2.05) is 0 Å². The first-order valence-electron chi connectivity index (χ1n) is 4.55. The fourth-order valence-electron chi connectivity index (χ4n) is 1.16. The van der Waals surface area contributed by atoms with Crippen molar-refractivity contribution >= 4 is 17.6 Å². The Morgan fingerprint density at radius 2 is 2.06 bits per heavy atom. The predicted molar refractivity (Wildman–Crippen MR) is 57.1 cm³/mol. The number of rotatable bonds is 5. The summed E-state index contributed by atoms with van der Waals surface area (Å²) in [5.41, 5.74) is 10.4. The number of carbonyl (C=O) groups is 2. The molecule has 86 valence electrons. The van der Waals surface area contributed by atoms with Crippen molar-refractivity contribution in [1.29, 1.82) is 0 Å². The standard InChI is InChI=1S/C10H12N2O4/c11-6-2-1-3-7(9(6)10(14)15)16-5-4-8(12)13/h1-3H,4-5,11H2,(H2,12,13)(H,14,15). The van der Waals surface area contributed by atoms with Gasteiger partial charge in [-0.25, -0.2) is 4.79 Å². The molecular weight excluding hydrogens is 212 g/mol. The molecule has 6 heteroatoms. The van der Waals surface area contributed by atoms with Crippen LogP contribution in [0.1, 0.15) is 16.8 Å². The average Bonchev–Trinajstić information content (AvgIpc) is 2.16. The van der Waals surface area contributed by atoms with Crippen LogP contribution in [-0.4, -0.2) is 23.6 Å². The quantitative estimate of drug-likeness (QED) is 0.619. The van der Waals surface area contributed by atoms with Crippen LogP contribution in [0.5, 0.6) is 5.75 Å². The van der Waals surface area contributed by atoms with Crippen molar-refractivity contribution in [3.05, 3.63) is 23.8 Å². The molecule has 1 amide bonds. The maximum Gasteiger partial charge on any atom is 0.341 e. The van der Waals surface area contributed by atoms with Gasteiger partial charge >= 0.3 is 5.97 Å². The molecule has 0 fully saturated rings. The van der Waals surface area contributed by atoms with E-state index in [1.165, 1.54) is 12.1 Å². The lowest BCUT2D eigenvalue weighted by Crippen LogP contribution is -2.15. The summed E-state index contributed by atoms with van der Waals surface area (Å²) < 4.78 is 5.13. The topological polar surface area (TPSA) is 116 Å². The van der Waals surface area contributed by atoms with Crippen molar-refractivity contribution in [2.45, 2.75) is 6.42 Å². The Labute approximate surface area is 91.8 Å². The maximum absolute atomic E-state index is 10.9. The number of benzene rings is 1. The lowest BCUT2D eigenvalue weighted by atomic mass is 10.1. The number of hydrogen-bond donors (Lipinski definition) is 3. The Morgan fingerprint density at radius 3 is 2.62 bits per heavy atom. The van der Waals surface area contributed by atoms with Gasteiger partial charge in [-0.2, -0.15) is 0 Å². The van der Waals surface area contributed by atoms with Crippen molar-refractivity contribution in [2.75, 3.05) is 12.3 Å². The summed E-state index contributed by atoms with van der Waals surface area (Å²) in [4.78, 5) is 21.4. The molecule has 0 aliphatic heterocycles. The minimum absolute atomic E-state index is 0.0217. The van der Waals surface area contributed by atoms with E-state index >= 15 is 0 Å². The summed E-state index contributed by atoms with van der Waals surface area (Å²) in [6.45, 7) is 0.0269. The van der Waals surface area contributed by atoms with Gasteiger partial charge in [-0.15, -0.1) is 0 Å². The molecule has 5 N–H and O–H groups in total. The third-order valence-corrected chi connectivity index (χ3v) is 1.88. The van der Waals surface area contributed by atoms with Gasteiger partial charge in [0.1, 0.15) is 11.3 Å². The number of ether oxygens (including phenoxy) is 1. The fraction of sp³-hybridized carbons (Fsp3) is 0.200. The van der Waals surface area contributed by atoms with Crippen molar-refractivity contribution in [2.24, 2.45) is 5.73 Å². The van der Waals surface area contributed by atoms with Crippen LogP contribution < -0.4 is 16.2 Å². The van der Waals surface area contributed by atoms with E-state index in [-0.39, 0.29) is 30.0 Å². The van der Waals surface area contributed by atoms with Gasteiger partial charge in [0.05, 0.1) is 13.0 Å². The highest BCUT2D eigenvalue weighted by Crippen LogP contribution is 2.24.